The molecule has 0 heterocycles. The molecule has 0 spiro atoms. The van der Waals surface area contributed by atoms with Gasteiger partial charge in [-0.15, -0.1) is 0 Å². The SMILES string of the molecule is CCc1cc(F)c(C2=CCc3c(ccc(F)c3F)C2)c(F)c1. The van der Waals surface area contributed by atoms with Gasteiger partial charge in [0.15, 0.2) is 11.6 Å². The maximum atomic E-state index is 14.2. The first-order valence-electron chi connectivity index (χ1n) is 7.14. The Kier molecular flexibility index (Phi) is 3.77. The molecule has 2 aromatic carbocycles. The molecule has 2 aromatic rings. The summed E-state index contributed by atoms with van der Waals surface area (Å²) >= 11 is 0. The highest BCUT2D eigenvalue weighted by atomic mass is 19.2. The lowest BCUT2D eigenvalue weighted by Crippen LogP contribution is -2.09. The van der Waals surface area contributed by atoms with Crippen LogP contribution in [0.1, 0.15) is 29.2 Å². The van der Waals surface area contributed by atoms with Crippen LogP contribution in [0.2, 0.25) is 0 Å². The molecule has 0 aliphatic heterocycles. The van der Waals surface area contributed by atoms with Gasteiger partial charge in [0.05, 0.1) is 0 Å². The minimum absolute atomic E-state index is 0.0763. The third kappa shape index (κ3) is 2.43. The molecule has 0 bridgehead atoms. The molecule has 0 radical (unpaired) electrons. The van der Waals surface area contributed by atoms with Gasteiger partial charge in [-0.05, 0) is 59.7 Å². The van der Waals surface area contributed by atoms with Crippen LogP contribution in [0.5, 0.6) is 0 Å². The van der Waals surface area contributed by atoms with E-state index in [0.717, 1.165) is 6.07 Å². The lowest BCUT2D eigenvalue weighted by atomic mass is 9.87. The number of aryl methyl sites for hydroxylation is 1. The van der Waals surface area contributed by atoms with Gasteiger partial charge in [-0.25, -0.2) is 17.6 Å². The smallest absolute Gasteiger partial charge is 0.162 e. The van der Waals surface area contributed by atoms with Crippen LogP contribution < -0.4 is 0 Å². The first-order valence-corrected chi connectivity index (χ1v) is 7.14. The molecule has 114 valence electrons. The standard InChI is InChI=1S/C18H14F4/c1-2-10-7-15(20)17(16(21)8-10)12-3-5-13-11(9-12)4-6-14(19)18(13)22/h3-4,6-8H,2,5,9H2,1H3. The number of hydrogen-bond donors (Lipinski definition) is 0. The van der Waals surface area contributed by atoms with Gasteiger partial charge >= 0.3 is 0 Å². The van der Waals surface area contributed by atoms with Gasteiger partial charge in [-0.3, -0.25) is 0 Å². The van der Waals surface area contributed by atoms with Crippen molar-refractivity contribution in [1.82, 2.24) is 0 Å². The van der Waals surface area contributed by atoms with Gasteiger partial charge in [0.2, 0.25) is 0 Å². The zero-order valence-electron chi connectivity index (χ0n) is 12.0. The summed E-state index contributed by atoms with van der Waals surface area (Å²) in [7, 11) is 0. The third-order valence-corrected chi connectivity index (χ3v) is 4.06. The zero-order chi connectivity index (χ0) is 15.9. The van der Waals surface area contributed by atoms with E-state index < -0.39 is 23.3 Å². The molecule has 22 heavy (non-hydrogen) atoms. The Hall–Kier alpha value is -2.10. The van der Waals surface area contributed by atoms with Crippen molar-refractivity contribution in [1.29, 1.82) is 0 Å². The molecule has 0 fully saturated rings. The van der Waals surface area contributed by atoms with E-state index in [1.165, 1.54) is 18.2 Å². The van der Waals surface area contributed by atoms with Gasteiger partial charge in [0.25, 0.3) is 0 Å². The van der Waals surface area contributed by atoms with Crippen molar-refractivity contribution >= 4 is 5.57 Å². The molecule has 0 atom stereocenters. The van der Waals surface area contributed by atoms with E-state index in [1.54, 1.807) is 6.08 Å². The van der Waals surface area contributed by atoms with E-state index in [0.29, 0.717) is 23.1 Å². The summed E-state index contributed by atoms with van der Waals surface area (Å²) in [6.07, 6.45) is 2.42. The van der Waals surface area contributed by atoms with Crippen LogP contribution in [0.15, 0.2) is 30.3 Å². The van der Waals surface area contributed by atoms with E-state index in [2.05, 4.69) is 0 Å². The number of rotatable bonds is 2. The fraction of sp³-hybridized carbons (Fsp3) is 0.222. The van der Waals surface area contributed by atoms with Crippen molar-refractivity contribution < 1.29 is 17.6 Å². The maximum absolute atomic E-state index is 14.2. The molecule has 0 amide bonds. The Morgan fingerprint density at radius 3 is 2.27 bits per heavy atom. The summed E-state index contributed by atoms with van der Waals surface area (Å²) in [6.45, 7) is 1.82. The molecule has 4 heteroatoms. The van der Waals surface area contributed by atoms with E-state index in [1.807, 2.05) is 6.92 Å². The van der Waals surface area contributed by atoms with Crippen LogP contribution in [0.3, 0.4) is 0 Å². The molecule has 1 aliphatic rings. The van der Waals surface area contributed by atoms with Gasteiger partial charge < -0.3 is 0 Å². The second-order valence-electron chi connectivity index (χ2n) is 5.40. The van der Waals surface area contributed by atoms with Crippen molar-refractivity contribution in [3.05, 3.63) is 75.9 Å². The minimum Gasteiger partial charge on any atom is -0.206 e. The number of fused-ring (bicyclic) bond motifs is 1. The minimum atomic E-state index is -0.903. The molecule has 0 N–H and O–H groups in total. The summed E-state index contributed by atoms with van der Waals surface area (Å²) in [5.74, 6) is -3.02. The normalized spacial score (nSPS) is 13.8. The summed E-state index contributed by atoms with van der Waals surface area (Å²) in [5, 5.41) is 0. The van der Waals surface area contributed by atoms with Gasteiger partial charge in [-0.2, -0.15) is 0 Å². The molecule has 1 aliphatic carbocycles. The zero-order valence-corrected chi connectivity index (χ0v) is 12.0. The van der Waals surface area contributed by atoms with E-state index in [4.69, 9.17) is 0 Å². The Morgan fingerprint density at radius 2 is 1.64 bits per heavy atom. The molecular formula is C18H14F4. The van der Waals surface area contributed by atoms with Crippen molar-refractivity contribution in [2.24, 2.45) is 0 Å². The lowest BCUT2D eigenvalue weighted by molar-refractivity contribution is 0.499. The van der Waals surface area contributed by atoms with E-state index in [9.17, 15) is 17.6 Å². The molecule has 0 saturated carbocycles. The van der Waals surface area contributed by atoms with E-state index >= 15 is 0 Å². The van der Waals surface area contributed by atoms with Crippen molar-refractivity contribution in [3.8, 4) is 0 Å². The van der Waals surface area contributed by atoms with Crippen LogP contribution in [0, 0.1) is 23.3 Å². The third-order valence-electron chi connectivity index (χ3n) is 4.06. The van der Waals surface area contributed by atoms with Crippen LogP contribution in [0.4, 0.5) is 17.6 Å². The van der Waals surface area contributed by atoms with Crippen LogP contribution in [-0.2, 0) is 19.3 Å². The summed E-state index contributed by atoms with van der Waals surface area (Å²) in [6, 6.07) is 5.15. The Balaban J connectivity index is 2.03. The molecule has 0 aromatic heterocycles. The monoisotopic (exact) mass is 306 g/mol. The predicted molar refractivity (Wildman–Crippen MR) is 77.5 cm³/mol. The Bertz CT molecular complexity index is 752. The Labute approximate surface area is 126 Å². The number of benzene rings is 2. The maximum Gasteiger partial charge on any atom is 0.162 e. The fourth-order valence-corrected chi connectivity index (χ4v) is 2.85. The van der Waals surface area contributed by atoms with Crippen LogP contribution in [0.25, 0.3) is 5.57 Å². The second-order valence-corrected chi connectivity index (χ2v) is 5.40. The van der Waals surface area contributed by atoms with Gasteiger partial charge in [0, 0.05) is 5.56 Å². The van der Waals surface area contributed by atoms with Crippen LogP contribution >= 0.6 is 0 Å². The highest BCUT2D eigenvalue weighted by Crippen LogP contribution is 2.33. The van der Waals surface area contributed by atoms with Crippen LogP contribution in [-0.4, -0.2) is 0 Å². The van der Waals surface area contributed by atoms with Crippen molar-refractivity contribution in [3.63, 3.8) is 0 Å². The van der Waals surface area contributed by atoms with Crippen molar-refractivity contribution in [2.75, 3.05) is 0 Å². The highest BCUT2D eigenvalue weighted by molar-refractivity contribution is 5.71. The summed E-state index contributed by atoms with van der Waals surface area (Å²) in [5.41, 5.74) is 1.80. The molecule has 3 rings (SSSR count). The second kappa shape index (κ2) is 5.59. The largest absolute Gasteiger partial charge is 0.206 e. The topological polar surface area (TPSA) is 0 Å². The quantitative estimate of drug-likeness (QED) is 0.686. The summed E-state index contributed by atoms with van der Waals surface area (Å²) < 4.78 is 55.3. The molecule has 0 saturated heterocycles. The average Bonchev–Trinajstić information content (AvgIpc) is 2.50. The number of hydrogen-bond acceptors (Lipinski definition) is 0. The van der Waals surface area contributed by atoms with Crippen molar-refractivity contribution in [2.45, 2.75) is 26.2 Å². The first kappa shape index (κ1) is 14.8. The number of allylic oxidation sites excluding steroid dienone is 2. The van der Waals surface area contributed by atoms with Gasteiger partial charge in [0.1, 0.15) is 11.6 Å². The lowest BCUT2D eigenvalue weighted by Gasteiger charge is -2.19. The molecule has 0 nitrogen and oxygen atoms in total. The molecule has 0 unspecified atom stereocenters. The Morgan fingerprint density at radius 1 is 0.955 bits per heavy atom. The highest BCUT2D eigenvalue weighted by Gasteiger charge is 2.22. The predicted octanol–water partition coefficient (Wildman–Crippen LogP) is 4.99. The van der Waals surface area contributed by atoms with Gasteiger partial charge in [-0.1, -0.05) is 19.1 Å². The first-order chi connectivity index (χ1) is 10.5. The van der Waals surface area contributed by atoms with E-state index in [-0.39, 0.29) is 24.0 Å². The average molecular weight is 306 g/mol. The summed E-state index contributed by atoms with van der Waals surface area (Å²) in [4.78, 5) is 0. The number of halogens is 4. The fourth-order valence-electron chi connectivity index (χ4n) is 2.85. The molecular weight excluding hydrogens is 292 g/mol.